The highest BCUT2D eigenvalue weighted by molar-refractivity contribution is 6.15. The van der Waals surface area contributed by atoms with Crippen LogP contribution in [0.5, 0.6) is 0 Å². The number of furan rings is 1. The zero-order chi connectivity index (χ0) is 26.5. The standard InChI is InChI=1S/C37H24N2O/c1-2-6-25(7-3-1)27-10-14-30(15-11-27)39(31-16-12-26-8-4-5-9-28(26)22-31)32-17-19-33-29(23-32)13-18-35-34-20-21-38-24-36(34)40-37(33)35/h1-24H. The first kappa shape index (κ1) is 22.6. The predicted molar refractivity (Wildman–Crippen MR) is 167 cm³/mol. The van der Waals surface area contributed by atoms with Gasteiger partial charge >= 0.3 is 0 Å². The van der Waals surface area contributed by atoms with Crippen molar-refractivity contribution in [1.29, 1.82) is 0 Å². The minimum atomic E-state index is 0.811. The molecule has 0 saturated carbocycles. The Kier molecular flexibility index (Phi) is 5.14. The Morgan fingerprint density at radius 3 is 1.98 bits per heavy atom. The Labute approximate surface area is 231 Å². The SMILES string of the molecule is c1ccc(-c2ccc(N(c3ccc4ccccc4c3)c3ccc4c(ccc5c6ccncc6oc45)c3)cc2)cc1. The van der Waals surface area contributed by atoms with Crippen LogP contribution < -0.4 is 4.90 Å². The molecule has 2 aromatic heterocycles. The first-order valence-corrected chi connectivity index (χ1v) is 13.5. The van der Waals surface area contributed by atoms with Gasteiger partial charge < -0.3 is 9.32 Å². The van der Waals surface area contributed by atoms with Gasteiger partial charge in [-0.15, -0.1) is 0 Å². The van der Waals surface area contributed by atoms with Gasteiger partial charge in [-0.1, -0.05) is 78.9 Å². The molecule has 0 aliphatic heterocycles. The van der Waals surface area contributed by atoms with Gasteiger partial charge in [0.15, 0.2) is 5.58 Å². The van der Waals surface area contributed by atoms with Crippen LogP contribution in [-0.4, -0.2) is 4.98 Å². The molecule has 0 fully saturated rings. The van der Waals surface area contributed by atoms with Gasteiger partial charge in [-0.25, -0.2) is 0 Å². The zero-order valence-corrected chi connectivity index (χ0v) is 21.7. The van der Waals surface area contributed by atoms with Gasteiger partial charge in [0.25, 0.3) is 0 Å². The molecule has 3 nitrogen and oxygen atoms in total. The molecular formula is C37H24N2O. The molecular weight excluding hydrogens is 488 g/mol. The highest BCUT2D eigenvalue weighted by Gasteiger charge is 2.16. The minimum absolute atomic E-state index is 0.811. The summed E-state index contributed by atoms with van der Waals surface area (Å²) >= 11 is 0. The van der Waals surface area contributed by atoms with Crippen molar-refractivity contribution >= 4 is 60.5 Å². The summed E-state index contributed by atoms with van der Waals surface area (Å²) in [5.74, 6) is 0. The number of nitrogens with zero attached hydrogens (tertiary/aromatic N) is 2. The third-order valence-electron chi connectivity index (χ3n) is 7.72. The van der Waals surface area contributed by atoms with E-state index in [0.717, 1.165) is 49.8 Å². The molecule has 0 radical (unpaired) electrons. The maximum atomic E-state index is 6.26. The molecule has 0 bridgehead atoms. The van der Waals surface area contributed by atoms with Crippen LogP contribution in [0.1, 0.15) is 0 Å². The van der Waals surface area contributed by atoms with E-state index in [2.05, 4.69) is 137 Å². The molecule has 0 saturated heterocycles. The normalized spacial score (nSPS) is 11.5. The summed E-state index contributed by atoms with van der Waals surface area (Å²) in [7, 11) is 0. The second-order valence-corrected chi connectivity index (χ2v) is 10.1. The lowest BCUT2D eigenvalue weighted by Gasteiger charge is -2.26. The summed E-state index contributed by atoms with van der Waals surface area (Å²) in [6.45, 7) is 0. The first-order valence-electron chi connectivity index (χ1n) is 13.5. The molecule has 0 aliphatic carbocycles. The molecule has 0 aliphatic rings. The molecule has 6 aromatic carbocycles. The lowest BCUT2D eigenvalue weighted by molar-refractivity contribution is 0.670. The predicted octanol–water partition coefficient (Wildman–Crippen LogP) is 10.4. The third kappa shape index (κ3) is 3.71. The zero-order valence-electron chi connectivity index (χ0n) is 21.7. The Hall–Kier alpha value is -5.41. The summed E-state index contributed by atoms with van der Waals surface area (Å²) < 4.78 is 6.26. The number of hydrogen-bond donors (Lipinski definition) is 0. The minimum Gasteiger partial charge on any atom is -0.454 e. The number of pyridine rings is 1. The molecule has 0 N–H and O–H groups in total. The van der Waals surface area contributed by atoms with Crippen molar-refractivity contribution in [2.75, 3.05) is 4.90 Å². The third-order valence-corrected chi connectivity index (χ3v) is 7.72. The van der Waals surface area contributed by atoms with E-state index >= 15 is 0 Å². The van der Waals surface area contributed by atoms with E-state index in [1.54, 1.807) is 6.20 Å². The number of aromatic nitrogens is 1. The van der Waals surface area contributed by atoms with Gasteiger partial charge in [0, 0.05) is 39.4 Å². The van der Waals surface area contributed by atoms with Crippen molar-refractivity contribution in [2.24, 2.45) is 0 Å². The summed E-state index contributed by atoms with van der Waals surface area (Å²) in [5.41, 5.74) is 7.42. The second-order valence-electron chi connectivity index (χ2n) is 10.1. The Morgan fingerprint density at radius 2 is 1.12 bits per heavy atom. The van der Waals surface area contributed by atoms with E-state index in [1.807, 2.05) is 12.3 Å². The van der Waals surface area contributed by atoms with Crippen molar-refractivity contribution in [3.63, 3.8) is 0 Å². The highest BCUT2D eigenvalue weighted by atomic mass is 16.3. The molecule has 0 unspecified atom stereocenters. The van der Waals surface area contributed by atoms with Gasteiger partial charge in [-0.2, -0.15) is 0 Å². The monoisotopic (exact) mass is 512 g/mol. The van der Waals surface area contributed by atoms with Gasteiger partial charge in [0.05, 0.1) is 6.20 Å². The molecule has 2 heterocycles. The molecule has 0 amide bonds. The average Bonchev–Trinajstić information content (AvgIpc) is 3.41. The van der Waals surface area contributed by atoms with Crippen molar-refractivity contribution in [3.05, 3.63) is 146 Å². The fourth-order valence-electron chi connectivity index (χ4n) is 5.74. The van der Waals surface area contributed by atoms with E-state index < -0.39 is 0 Å². The van der Waals surface area contributed by atoms with Crippen LogP contribution in [0.25, 0.3) is 54.6 Å². The molecule has 8 rings (SSSR count). The molecule has 8 aromatic rings. The molecule has 188 valence electrons. The van der Waals surface area contributed by atoms with Crippen LogP contribution in [0.4, 0.5) is 17.1 Å². The Morgan fingerprint density at radius 1 is 0.475 bits per heavy atom. The lowest BCUT2D eigenvalue weighted by atomic mass is 10.0. The molecule has 40 heavy (non-hydrogen) atoms. The maximum absolute atomic E-state index is 6.26. The molecule has 3 heteroatoms. The fraction of sp³-hybridized carbons (Fsp3) is 0. The smallest absolute Gasteiger partial charge is 0.153 e. The summed E-state index contributed by atoms with van der Waals surface area (Å²) in [6, 6.07) is 47.5. The highest BCUT2D eigenvalue weighted by Crippen LogP contribution is 2.40. The van der Waals surface area contributed by atoms with Gasteiger partial charge in [0.2, 0.25) is 0 Å². The van der Waals surface area contributed by atoms with Gasteiger partial charge in [-0.3, -0.25) is 4.98 Å². The van der Waals surface area contributed by atoms with Crippen LogP contribution in [0, 0.1) is 0 Å². The van der Waals surface area contributed by atoms with Crippen LogP contribution in [-0.2, 0) is 0 Å². The van der Waals surface area contributed by atoms with E-state index in [0.29, 0.717) is 0 Å². The van der Waals surface area contributed by atoms with Crippen LogP contribution in [0.15, 0.2) is 150 Å². The Bertz CT molecular complexity index is 2160. The summed E-state index contributed by atoms with van der Waals surface area (Å²) in [6.07, 6.45) is 3.60. The van der Waals surface area contributed by atoms with E-state index in [4.69, 9.17) is 4.42 Å². The topological polar surface area (TPSA) is 29.3 Å². The molecule has 0 spiro atoms. The van der Waals surface area contributed by atoms with E-state index in [9.17, 15) is 0 Å². The quantitative estimate of drug-likeness (QED) is 0.235. The largest absolute Gasteiger partial charge is 0.454 e. The first-order chi connectivity index (χ1) is 19.8. The Balaban J connectivity index is 1.30. The second kappa shape index (κ2) is 9.11. The van der Waals surface area contributed by atoms with Crippen LogP contribution >= 0.6 is 0 Å². The van der Waals surface area contributed by atoms with Crippen LogP contribution in [0.2, 0.25) is 0 Å². The van der Waals surface area contributed by atoms with Crippen LogP contribution in [0.3, 0.4) is 0 Å². The van der Waals surface area contributed by atoms with Gasteiger partial charge in [-0.05, 0) is 81.9 Å². The summed E-state index contributed by atoms with van der Waals surface area (Å²) in [4.78, 5) is 6.57. The fourth-order valence-corrected chi connectivity index (χ4v) is 5.74. The van der Waals surface area contributed by atoms with E-state index in [-0.39, 0.29) is 0 Å². The van der Waals surface area contributed by atoms with Crippen molar-refractivity contribution in [3.8, 4) is 11.1 Å². The number of fused-ring (bicyclic) bond motifs is 6. The van der Waals surface area contributed by atoms with Crippen molar-refractivity contribution in [2.45, 2.75) is 0 Å². The number of anilines is 3. The number of hydrogen-bond acceptors (Lipinski definition) is 3. The maximum Gasteiger partial charge on any atom is 0.153 e. The van der Waals surface area contributed by atoms with Crippen molar-refractivity contribution in [1.82, 2.24) is 4.98 Å². The number of benzene rings is 6. The molecule has 0 atom stereocenters. The lowest BCUT2D eigenvalue weighted by Crippen LogP contribution is -2.09. The van der Waals surface area contributed by atoms with E-state index in [1.165, 1.54) is 21.9 Å². The van der Waals surface area contributed by atoms with Crippen molar-refractivity contribution < 1.29 is 4.42 Å². The average molecular weight is 513 g/mol. The summed E-state index contributed by atoms with van der Waals surface area (Å²) in [5, 5.41) is 6.86. The van der Waals surface area contributed by atoms with Gasteiger partial charge in [0.1, 0.15) is 5.58 Å². The number of rotatable bonds is 4.